The molecular formula is C3H7F3N2OS. The average Bonchev–Trinajstić information content (AvgIpc) is 1.63. The monoisotopic (exact) mass is 176 g/mol. The van der Waals surface area contributed by atoms with Crippen molar-refractivity contribution in [1.29, 1.82) is 0 Å². The van der Waals surface area contributed by atoms with E-state index >= 15 is 0 Å². The van der Waals surface area contributed by atoms with Crippen LogP contribution in [-0.2, 0) is 0 Å². The number of carbonyl (C=O) groups is 1. The zero-order valence-electron chi connectivity index (χ0n) is 4.80. The summed E-state index contributed by atoms with van der Waals surface area (Å²) in [6.07, 6.45) is -5.52. The third-order valence-corrected chi connectivity index (χ3v) is 0.241. The van der Waals surface area contributed by atoms with Gasteiger partial charge < -0.3 is 5.73 Å². The number of halogens is 3. The first-order chi connectivity index (χ1) is 4.37. The Kier molecular flexibility index (Phi) is 8.20. The fraction of sp³-hybridized carbons (Fsp3) is 0.667. The highest BCUT2D eigenvalue weighted by Gasteiger charge is 2.11. The molecule has 0 bridgehead atoms. The molecule has 3 nitrogen and oxygen atoms in total. The highest BCUT2D eigenvalue weighted by molar-refractivity contribution is 7.96. The standard InChI is InChI=1S/C2H4F3N.CH3NOS/c3-1(4)2(5)6;2-1(3)4/h1-2H,6H2;(H3,2,3,4). The first-order valence-electron chi connectivity index (χ1n) is 2.04. The van der Waals surface area contributed by atoms with Crippen LogP contribution in [0.1, 0.15) is 0 Å². The molecule has 1 atom stereocenters. The van der Waals surface area contributed by atoms with Crippen LogP contribution in [0.3, 0.4) is 0 Å². The molecule has 62 valence electrons. The number of primary amides is 1. The smallest absolute Gasteiger partial charge is 0.282 e. The van der Waals surface area contributed by atoms with Gasteiger partial charge in [0, 0.05) is 0 Å². The van der Waals surface area contributed by atoms with Crippen molar-refractivity contribution in [3.05, 3.63) is 0 Å². The maximum atomic E-state index is 10.9. The van der Waals surface area contributed by atoms with E-state index < -0.39 is 18.0 Å². The normalized spacial score (nSPS) is 11.8. The zero-order chi connectivity index (χ0) is 8.73. The molecule has 7 heteroatoms. The molecule has 0 radical (unpaired) electrons. The number of amides is 1. The van der Waals surface area contributed by atoms with Gasteiger partial charge in [0.25, 0.3) is 11.7 Å². The first kappa shape index (κ1) is 12.3. The van der Waals surface area contributed by atoms with Crippen molar-refractivity contribution in [2.24, 2.45) is 11.5 Å². The van der Waals surface area contributed by atoms with Gasteiger partial charge in [-0.15, -0.1) is 0 Å². The van der Waals surface area contributed by atoms with Crippen molar-refractivity contribution in [3.8, 4) is 0 Å². The fourth-order valence-electron chi connectivity index (χ4n) is 0. The molecule has 1 amide bonds. The van der Waals surface area contributed by atoms with Crippen LogP contribution in [0, 0.1) is 0 Å². The van der Waals surface area contributed by atoms with E-state index in [4.69, 9.17) is 4.79 Å². The fourth-order valence-corrected chi connectivity index (χ4v) is 0. The molecule has 0 aromatic rings. The van der Waals surface area contributed by atoms with Crippen LogP contribution < -0.4 is 11.5 Å². The third-order valence-electron chi connectivity index (χ3n) is 0.241. The predicted molar refractivity (Wildman–Crippen MR) is 33.7 cm³/mol. The molecule has 10 heavy (non-hydrogen) atoms. The Morgan fingerprint density at radius 2 is 1.50 bits per heavy atom. The van der Waals surface area contributed by atoms with Crippen LogP contribution in [0.2, 0.25) is 0 Å². The molecule has 0 aliphatic rings. The van der Waals surface area contributed by atoms with Gasteiger partial charge in [0.05, 0.1) is 0 Å². The second-order valence-electron chi connectivity index (χ2n) is 1.12. The molecule has 0 rings (SSSR count). The van der Waals surface area contributed by atoms with Gasteiger partial charge in [0.15, 0.2) is 0 Å². The maximum absolute atomic E-state index is 10.9. The zero-order valence-corrected chi connectivity index (χ0v) is 5.69. The second-order valence-corrected chi connectivity index (χ2v) is 1.56. The van der Waals surface area contributed by atoms with Gasteiger partial charge in [0.2, 0.25) is 6.30 Å². The topological polar surface area (TPSA) is 69.1 Å². The summed E-state index contributed by atoms with van der Waals surface area (Å²) in [7, 11) is 0. The van der Waals surface area contributed by atoms with Crippen molar-refractivity contribution in [1.82, 2.24) is 0 Å². The van der Waals surface area contributed by atoms with E-state index in [2.05, 4.69) is 24.1 Å². The summed E-state index contributed by atoms with van der Waals surface area (Å²) in [5.41, 5.74) is 8.35. The van der Waals surface area contributed by atoms with Gasteiger partial charge in [0.1, 0.15) is 0 Å². The van der Waals surface area contributed by atoms with Gasteiger partial charge in [-0.1, -0.05) is 12.6 Å². The Balaban J connectivity index is 0. The number of hydrogen-bond acceptors (Lipinski definition) is 2. The molecule has 0 aliphatic heterocycles. The minimum Gasteiger partial charge on any atom is -0.361 e. The van der Waals surface area contributed by atoms with Crippen molar-refractivity contribution in [2.45, 2.75) is 12.7 Å². The lowest BCUT2D eigenvalue weighted by molar-refractivity contribution is 0.0537. The third kappa shape index (κ3) is 25.6. The van der Waals surface area contributed by atoms with E-state index in [0.29, 0.717) is 0 Å². The summed E-state index contributed by atoms with van der Waals surface area (Å²) in [4.78, 5) is 9.09. The van der Waals surface area contributed by atoms with Gasteiger partial charge in [-0.2, -0.15) is 0 Å². The van der Waals surface area contributed by atoms with Crippen LogP contribution in [0.4, 0.5) is 18.0 Å². The van der Waals surface area contributed by atoms with E-state index in [9.17, 15) is 13.2 Å². The molecule has 0 saturated carbocycles. The summed E-state index contributed by atoms with van der Waals surface area (Å²) < 4.78 is 32.2. The number of nitrogens with two attached hydrogens (primary N) is 2. The Labute approximate surface area is 61.0 Å². The van der Waals surface area contributed by atoms with E-state index in [-0.39, 0.29) is 0 Å². The molecule has 0 fully saturated rings. The van der Waals surface area contributed by atoms with Gasteiger partial charge >= 0.3 is 0 Å². The molecule has 0 saturated heterocycles. The minimum absolute atomic E-state index is 0.639. The van der Waals surface area contributed by atoms with Crippen molar-refractivity contribution >= 4 is 17.9 Å². The van der Waals surface area contributed by atoms with E-state index in [1.807, 2.05) is 0 Å². The van der Waals surface area contributed by atoms with E-state index in [1.54, 1.807) is 0 Å². The first-order valence-corrected chi connectivity index (χ1v) is 2.48. The number of hydrogen-bond donors (Lipinski definition) is 3. The van der Waals surface area contributed by atoms with Crippen molar-refractivity contribution in [2.75, 3.05) is 0 Å². The number of thiol groups is 1. The van der Waals surface area contributed by atoms with Crippen molar-refractivity contribution < 1.29 is 18.0 Å². The molecule has 0 heterocycles. The molecule has 0 aromatic heterocycles. The minimum atomic E-state index is -3.04. The van der Waals surface area contributed by atoms with Crippen LogP contribution in [0.25, 0.3) is 0 Å². The highest BCUT2D eigenvalue weighted by atomic mass is 32.1. The Morgan fingerprint density at radius 3 is 1.50 bits per heavy atom. The second kappa shape index (κ2) is 6.69. The van der Waals surface area contributed by atoms with E-state index in [0.717, 1.165) is 0 Å². The van der Waals surface area contributed by atoms with Gasteiger partial charge in [-0.25, -0.2) is 13.2 Å². The number of carbonyl (C=O) groups excluding carboxylic acids is 1. The van der Waals surface area contributed by atoms with Crippen LogP contribution in [-0.4, -0.2) is 18.0 Å². The largest absolute Gasteiger partial charge is 0.361 e. The summed E-state index contributed by atoms with van der Waals surface area (Å²) in [6, 6.07) is 0. The lowest BCUT2D eigenvalue weighted by atomic mass is 10.7. The van der Waals surface area contributed by atoms with E-state index in [1.165, 1.54) is 0 Å². The SMILES string of the molecule is NC(=O)S.NC(F)C(F)F. The molecule has 4 N–H and O–H groups in total. The number of alkyl halides is 3. The highest BCUT2D eigenvalue weighted by Crippen LogP contribution is 1.96. The summed E-state index contributed by atoms with van der Waals surface area (Å²) in [5, 5.41) is -0.639. The molecule has 0 aliphatic carbocycles. The van der Waals surface area contributed by atoms with Crippen LogP contribution in [0.5, 0.6) is 0 Å². The summed E-state index contributed by atoms with van der Waals surface area (Å²) >= 11 is 3.10. The lowest BCUT2D eigenvalue weighted by Crippen LogP contribution is -2.22. The number of rotatable bonds is 1. The van der Waals surface area contributed by atoms with Crippen LogP contribution in [0.15, 0.2) is 0 Å². The lowest BCUT2D eigenvalue weighted by Gasteiger charge is -1.93. The average molecular weight is 176 g/mol. The van der Waals surface area contributed by atoms with Gasteiger partial charge in [-0.3, -0.25) is 10.5 Å². The molecule has 0 spiro atoms. The Hall–Kier alpha value is -0.430. The quantitative estimate of drug-likeness (QED) is 0.402. The maximum Gasteiger partial charge on any atom is 0.282 e. The molecule has 1 unspecified atom stereocenters. The van der Waals surface area contributed by atoms with Crippen LogP contribution >= 0.6 is 12.6 Å². The predicted octanol–water partition coefficient (Wildman–Crippen LogP) is 0.501. The Morgan fingerprint density at radius 1 is 1.40 bits per heavy atom. The van der Waals surface area contributed by atoms with Gasteiger partial charge in [-0.05, 0) is 0 Å². The summed E-state index contributed by atoms with van der Waals surface area (Å²) in [5.74, 6) is 0. The van der Waals surface area contributed by atoms with Crippen molar-refractivity contribution in [3.63, 3.8) is 0 Å². The molecule has 0 aromatic carbocycles. The Bertz CT molecular complexity index is 89.7. The molecular weight excluding hydrogens is 169 g/mol. The summed E-state index contributed by atoms with van der Waals surface area (Å²) in [6.45, 7) is 0.